The Morgan fingerprint density at radius 1 is 1.03 bits per heavy atom. The molecule has 0 aliphatic carbocycles. The molecule has 0 atom stereocenters. The van der Waals surface area contributed by atoms with Gasteiger partial charge in [0, 0.05) is 47.4 Å². The number of carbonyl (C=O) groups excluding carboxylic acids is 1. The number of hydrogen-bond donors (Lipinski definition) is 0. The van der Waals surface area contributed by atoms with Crippen molar-refractivity contribution in [3.05, 3.63) is 66.2 Å². The minimum absolute atomic E-state index is 0.0554. The van der Waals surface area contributed by atoms with Crippen molar-refractivity contribution in [1.82, 2.24) is 24.3 Å². The second-order valence-electron chi connectivity index (χ2n) is 6.98. The molecule has 152 valence electrons. The molecule has 0 saturated carbocycles. The van der Waals surface area contributed by atoms with Crippen LogP contribution in [0.2, 0.25) is 0 Å². The van der Waals surface area contributed by atoms with Gasteiger partial charge in [0.15, 0.2) is 0 Å². The molecule has 8 nitrogen and oxygen atoms in total. The van der Waals surface area contributed by atoms with E-state index >= 15 is 0 Å². The van der Waals surface area contributed by atoms with Gasteiger partial charge in [0.25, 0.3) is 0 Å². The first kappa shape index (κ1) is 20.2. The topological polar surface area (TPSA) is 103 Å². The summed E-state index contributed by atoms with van der Waals surface area (Å²) in [7, 11) is 3.40. The van der Waals surface area contributed by atoms with Crippen LogP contribution in [0, 0.1) is 22.7 Å². The number of amides is 1. The van der Waals surface area contributed by atoms with Crippen molar-refractivity contribution < 1.29 is 4.79 Å². The smallest absolute Gasteiger partial charge is 0.243 e. The quantitative estimate of drug-likeness (QED) is 0.485. The van der Waals surface area contributed by atoms with Gasteiger partial charge in [-0.2, -0.15) is 20.7 Å². The van der Waals surface area contributed by atoms with E-state index in [9.17, 15) is 15.3 Å². The number of fused-ring (bicyclic) bond motifs is 1. The minimum atomic E-state index is -0.0554. The standard InChI is InChI=1S/C22H17N7OS/c1-27(2)21(30)14-28-12-18(11-25-28)16-7-20(22-17(9-24)10-26-29(22)13-16)31-19-6-4-3-5-15(19)8-23/h3-7,10-13H,14H2,1-2H3. The first-order valence-corrected chi connectivity index (χ1v) is 10.1. The highest BCUT2D eigenvalue weighted by Crippen LogP contribution is 2.36. The van der Waals surface area contributed by atoms with Crippen molar-refractivity contribution in [2.24, 2.45) is 0 Å². The fourth-order valence-electron chi connectivity index (χ4n) is 3.05. The predicted octanol–water partition coefficient (Wildman–Crippen LogP) is 3.18. The third-order valence-electron chi connectivity index (χ3n) is 4.69. The van der Waals surface area contributed by atoms with Gasteiger partial charge in [0.05, 0.1) is 29.0 Å². The van der Waals surface area contributed by atoms with E-state index in [0.717, 1.165) is 20.9 Å². The van der Waals surface area contributed by atoms with Gasteiger partial charge in [-0.1, -0.05) is 23.9 Å². The number of nitrogens with zero attached hydrogens (tertiary/aromatic N) is 7. The van der Waals surface area contributed by atoms with E-state index in [1.165, 1.54) is 22.9 Å². The van der Waals surface area contributed by atoms with Gasteiger partial charge in [0.1, 0.15) is 18.7 Å². The number of hydrogen-bond acceptors (Lipinski definition) is 6. The van der Waals surface area contributed by atoms with E-state index in [0.29, 0.717) is 16.6 Å². The molecule has 3 aromatic heterocycles. The third kappa shape index (κ3) is 4.00. The molecule has 0 unspecified atom stereocenters. The van der Waals surface area contributed by atoms with Crippen molar-refractivity contribution in [3.8, 4) is 23.3 Å². The monoisotopic (exact) mass is 427 g/mol. The van der Waals surface area contributed by atoms with Gasteiger partial charge in [-0.3, -0.25) is 9.48 Å². The van der Waals surface area contributed by atoms with Crippen LogP contribution >= 0.6 is 11.8 Å². The average molecular weight is 427 g/mol. The molecule has 4 rings (SSSR count). The Bertz CT molecular complexity index is 1370. The molecule has 1 aromatic carbocycles. The van der Waals surface area contributed by atoms with E-state index in [1.807, 2.05) is 30.5 Å². The fourth-order valence-corrected chi connectivity index (χ4v) is 4.14. The van der Waals surface area contributed by atoms with Crippen molar-refractivity contribution >= 4 is 23.2 Å². The number of rotatable bonds is 5. The van der Waals surface area contributed by atoms with Crippen molar-refractivity contribution in [2.45, 2.75) is 16.3 Å². The summed E-state index contributed by atoms with van der Waals surface area (Å²) in [6.07, 6.45) is 6.84. The highest BCUT2D eigenvalue weighted by atomic mass is 32.2. The van der Waals surface area contributed by atoms with Crippen molar-refractivity contribution in [2.75, 3.05) is 14.1 Å². The maximum Gasteiger partial charge on any atom is 0.243 e. The summed E-state index contributed by atoms with van der Waals surface area (Å²) in [6, 6.07) is 13.7. The van der Waals surface area contributed by atoms with Gasteiger partial charge in [-0.15, -0.1) is 0 Å². The Balaban J connectivity index is 1.79. The van der Waals surface area contributed by atoms with E-state index in [1.54, 1.807) is 41.8 Å². The van der Waals surface area contributed by atoms with E-state index in [4.69, 9.17) is 0 Å². The van der Waals surface area contributed by atoms with Crippen LogP contribution in [-0.4, -0.2) is 44.3 Å². The maximum atomic E-state index is 12.0. The molecule has 0 radical (unpaired) electrons. The SMILES string of the molecule is CN(C)C(=O)Cn1cc(-c2cc(Sc3ccccc3C#N)c3c(C#N)cnn3c2)cn1. The van der Waals surface area contributed by atoms with Crippen LogP contribution in [0.25, 0.3) is 16.6 Å². The van der Waals surface area contributed by atoms with Gasteiger partial charge in [-0.25, -0.2) is 4.52 Å². The first-order valence-electron chi connectivity index (χ1n) is 9.31. The van der Waals surface area contributed by atoms with E-state index in [2.05, 4.69) is 22.3 Å². The van der Waals surface area contributed by atoms with Crippen LogP contribution in [-0.2, 0) is 11.3 Å². The molecule has 0 bridgehead atoms. The van der Waals surface area contributed by atoms with Crippen LogP contribution < -0.4 is 0 Å². The lowest BCUT2D eigenvalue weighted by Gasteiger charge is -2.10. The fraction of sp³-hybridized carbons (Fsp3) is 0.136. The number of benzene rings is 1. The zero-order valence-corrected chi connectivity index (χ0v) is 17.7. The molecule has 9 heteroatoms. The van der Waals surface area contributed by atoms with Gasteiger partial charge in [-0.05, 0) is 18.2 Å². The third-order valence-corrected chi connectivity index (χ3v) is 5.79. The number of aromatic nitrogens is 4. The molecule has 0 fully saturated rings. The van der Waals surface area contributed by atoms with Crippen LogP contribution in [0.3, 0.4) is 0 Å². The number of nitriles is 2. The molecular weight excluding hydrogens is 410 g/mol. The average Bonchev–Trinajstić information content (AvgIpc) is 3.40. The Morgan fingerprint density at radius 3 is 2.55 bits per heavy atom. The summed E-state index contributed by atoms with van der Waals surface area (Å²) in [4.78, 5) is 15.1. The van der Waals surface area contributed by atoms with E-state index in [-0.39, 0.29) is 12.5 Å². The molecule has 4 aromatic rings. The molecule has 31 heavy (non-hydrogen) atoms. The van der Waals surface area contributed by atoms with Crippen LogP contribution in [0.4, 0.5) is 0 Å². The molecule has 0 N–H and O–H groups in total. The van der Waals surface area contributed by atoms with Crippen LogP contribution in [0.15, 0.2) is 64.9 Å². The minimum Gasteiger partial charge on any atom is -0.347 e. The van der Waals surface area contributed by atoms with Gasteiger partial charge < -0.3 is 4.90 Å². The summed E-state index contributed by atoms with van der Waals surface area (Å²) >= 11 is 1.41. The number of pyridine rings is 1. The lowest BCUT2D eigenvalue weighted by Crippen LogP contribution is -2.26. The Labute approximate surface area is 182 Å². The first-order chi connectivity index (χ1) is 15.0. The van der Waals surface area contributed by atoms with Gasteiger partial charge in [0.2, 0.25) is 5.91 Å². The van der Waals surface area contributed by atoms with E-state index < -0.39 is 0 Å². The second kappa shape index (κ2) is 8.34. The summed E-state index contributed by atoms with van der Waals surface area (Å²) < 4.78 is 3.25. The maximum absolute atomic E-state index is 12.0. The molecule has 0 aliphatic heterocycles. The molecule has 0 aliphatic rings. The zero-order chi connectivity index (χ0) is 22.0. The summed E-state index contributed by atoms with van der Waals surface area (Å²) in [5.41, 5.74) is 3.34. The molecular formula is C22H17N7OS. The highest BCUT2D eigenvalue weighted by molar-refractivity contribution is 7.99. The summed E-state index contributed by atoms with van der Waals surface area (Å²) in [5.74, 6) is -0.0554. The second-order valence-corrected chi connectivity index (χ2v) is 8.06. The van der Waals surface area contributed by atoms with Crippen LogP contribution in [0.5, 0.6) is 0 Å². The summed E-state index contributed by atoms with van der Waals surface area (Å²) in [5, 5.41) is 27.6. The number of likely N-dealkylation sites (N-methyl/N-ethyl adjacent to an activating group) is 1. The Kier molecular flexibility index (Phi) is 5.44. The van der Waals surface area contributed by atoms with Crippen molar-refractivity contribution in [3.63, 3.8) is 0 Å². The Hall–Kier alpha value is -4.08. The van der Waals surface area contributed by atoms with Crippen LogP contribution in [0.1, 0.15) is 11.1 Å². The van der Waals surface area contributed by atoms with Gasteiger partial charge >= 0.3 is 0 Å². The van der Waals surface area contributed by atoms with Crippen molar-refractivity contribution in [1.29, 1.82) is 10.5 Å². The largest absolute Gasteiger partial charge is 0.347 e. The Morgan fingerprint density at radius 2 is 1.81 bits per heavy atom. The molecule has 1 amide bonds. The normalized spacial score (nSPS) is 10.6. The predicted molar refractivity (Wildman–Crippen MR) is 115 cm³/mol. The molecule has 0 saturated heterocycles. The number of carbonyl (C=O) groups is 1. The zero-order valence-electron chi connectivity index (χ0n) is 16.9. The molecule has 0 spiro atoms. The lowest BCUT2D eigenvalue weighted by molar-refractivity contribution is -0.129. The lowest BCUT2D eigenvalue weighted by atomic mass is 10.1. The highest BCUT2D eigenvalue weighted by Gasteiger charge is 2.16. The molecule has 3 heterocycles. The summed E-state index contributed by atoms with van der Waals surface area (Å²) in [6.45, 7) is 0.146.